The quantitative estimate of drug-likeness (QED) is 0.339. The van der Waals surface area contributed by atoms with E-state index in [-0.39, 0.29) is 13.2 Å². The zero-order valence-electron chi connectivity index (χ0n) is 14.1. The summed E-state index contributed by atoms with van der Waals surface area (Å²) >= 11 is 0. The third kappa shape index (κ3) is 9.63. The maximum atomic E-state index is 9.76. The Morgan fingerprint density at radius 3 is 2.17 bits per heavy atom. The molecular weight excluding hydrogens is 296 g/mol. The number of aliphatic hydroxyl groups excluding tert-OH is 2. The highest BCUT2D eigenvalue weighted by Crippen LogP contribution is 2.29. The van der Waals surface area contributed by atoms with Crippen molar-refractivity contribution in [3.63, 3.8) is 0 Å². The van der Waals surface area contributed by atoms with Gasteiger partial charge in [0.15, 0.2) is 5.72 Å². The molecule has 2 saturated carbocycles. The second-order valence-electron chi connectivity index (χ2n) is 6.10. The van der Waals surface area contributed by atoms with Crippen molar-refractivity contribution in [2.75, 3.05) is 26.3 Å². The van der Waals surface area contributed by atoms with Crippen LogP contribution in [0.5, 0.6) is 0 Å². The van der Waals surface area contributed by atoms with Gasteiger partial charge in [-0.1, -0.05) is 12.8 Å². The molecule has 7 heteroatoms. The average molecular weight is 328 g/mol. The smallest absolute Gasteiger partial charge is 0.176 e. The van der Waals surface area contributed by atoms with Crippen LogP contribution in [0.25, 0.3) is 0 Å². The summed E-state index contributed by atoms with van der Waals surface area (Å²) in [7, 11) is 0. The van der Waals surface area contributed by atoms with E-state index in [9.17, 15) is 5.11 Å². The van der Waals surface area contributed by atoms with E-state index in [0.29, 0.717) is 25.9 Å². The number of hydrogen-bond donors (Lipinski definition) is 4. The molecule has 4 N–H and O–H groups in total. The average Bonchev–Trinajstić information content (AvgIpc) is 2.58. The number of azo groups is 1. The van der Waals surface area contributed by atoms with Gasteiger partial charge in [0.2, 0.25) is 0 Å². The molecular formula is C16H32N4O3. The van der Waals surface area contributed by atoms with Crippen molar-refractivity contribution in [3.8, 4) is 0 Å². The van der Waals surface area contributed by atoms with Gasteiger partial charge >= 0.3 is 0 Å². The van der Waals surface area contributed by atoms with Crippen molar-refractivity contribution in [2.24, 2.45) is 15.3 Å². The lowest BCUT2D eigenvalue weighted by atomic mass is 9.93. The molecule has 0 bridgehead atoms. The lowest BCUT2D eigenvalue weighted by molar-refractivity contribution is 0.00499. The van der Waals surface area contributed by atoms with Gasteiger partial charge in [-0.15, -0.1) is 0 Å². The largest absolute Gasteiger partial charge is 0.394 e. The maximum absolute atomic E-state index is 9.76. The Balaban J connectivity index is 0.000000231. The highest BCUT2D eigenvalue weighted by atomic mass is 16.3. The van der Waals surface area contributed by atoms with Gasteiger partial charge < -0.3 is 20.7 Å². The van der Waals surface area contributed by atoms with Crippen LogP contribution in [0.3, 0.4) is 0 Å². The molecule has 0 atom stereocenters. The summed E-state index contributed by atoms with van der Waals surface area (Å²) in [6.45, 7) is 1.03. The highest BCUT2D eigenvalue weighted by molar-refractivity contribution is 5.84. The number of aliphatic hydroxyl groups is 3. The molecule has 0 amide bonds. The van der Waals surface area contributed by atoms with Crippen LogP contribution in [0.2, 0.25) is 0 Å². The molecule has 0 spiro atoms. The lowest BCUT2D eigenvalue weighted by Gasteiger charge is -2.26. The van der Waals surface area contributed by atoms with Crippen molar-refractivity contribution in [1.29, 1.82) is 0 Å². The molecule has 0 radical (unpaired) electrons. The van der Waals surface area contributed by atoms with Gasteiger partial charge in [-0.05, 0) is 51.4 Å². The Kier molecular flexibility index (Phi) is 10.8. The van der Waals surface area contributed by atoms with E-state index in [4.69, 9.17) is 10.2 Å². The minimum atomic E-state index is -0.923. The molecule has 2 fully saturated rings. The van der Waals surface area contributed by atoms with Crippen molar-refractivity contribution in [3.05, 3.63) is 0 Å². The summed E-state index contributed by atoms with van der Waals surface area (Å²) < 4.78 is 0. The van der Waals surface area contributed by atoms with Gasteiger partial charge in [0.1, 0.15) is 0 Å². The van der Waals surface area contributed by atoms with Gasteiger partial charge in [-0.2, -0.15) is 15.3 Å². The first-order chi connectivity index (χ1) is 11.2. The fourth-order valence-corrected chi connectivity index (χ4v) is 2.73. The van der Waals surface area contributed by atoms with Crippen LogP contribution in [0.15, 0.2) is 15.3 Å². The summed E-state index contributed by atoms with van der Waals surface area (Å²) in [5, 5.41) is 38.4. The summed E-state index contributed by atoms with van der Waals surface area (Å²) in [6, 6.07) is 0. The molecule has 0 unspecified atom stereocenters. The van der Waals surface area contributed by atoms with Gasteiger partial charge in [0.05, 0.1) is 26.3 Å². The maximum Gasteiger partial charge on any atom is 0.176 e. The zero-order valence-corrected chi connectivity index (χ0v) is 14.1. The molecule has 0 aromatic carbocycles. The summed E-state index contributed by atoms with van der Waals surface area (Å²) in [6.07, 6.45) is 10.8. The molecule has 2 aliphatic carbocycles. The van der Waals surface area contributed by atoms with Crippen LogP contribution in [0, 0.1) is 0 Å². The predicted octanol–water partition coefficient (Wildman–Crippen LogP) is 1.97. The van der Waals surface area contributed by atoms with Crippen LogP contribution in [0.4, 0.5) is 0 Å². The Morgan fingerprint density at radius 1 is 0.913 bits per heavy atom. The molecule has 0 aromatic heterocycles. The van der Waals surface area contributed by atoms with Gasteiger partial charge in [0, 0.05) is 5.71 Å². The first-order valence-electron chi connectivity index (χ1n) is 8.81. The molecule has 0 aliphatic heterocycles. The second-order valence-corrected chi connectivity index (χ2v) is 6.10. The minimum Gasteiger partial charge on any atom is -0.394 e. The van der Waals surface area contributed by atoms with Gasteiger partial charge in [-0.25, -0.2) is 0 Å². The van der Waals surface area contributed by atoms with Gasteiger partial charge in [0.25, 0.3) is 0 Å². The number of hydrazone groups is 1. The van der Waals surface area contributed by atoms with Crippen LogP contribution >= 0.6 is 0 Å². The summed E-state index contributed by atoms with van der Waals surface area (Å²) in [5.41, 5.74) is 3.19. The number of rotatable bonds is 6. The number of hydrogen-bond acceptors (Lipinski definition) is 7. The van der Waals surface area contributed by atoms with E-state index < -0.39 is 5.72 Å². The Labute approximate surface area is 138 Å². The van der Waals surface area contributed by atoms with Crippen molar-refractivity contribution >= 4 is 5.71 Å². The first-order valence-corrected chi connectivity index (χ1v) is 8.81. The third-order valence-corrected chi connectivity index (χ3v) is 4.00. The highest BCUT2D eigenvalue weighted by Gasteiger charge is 2.28. The standard InChI is InChI=1S/C8H16N2O2.C8H16N2O/c11-7-6-9-10-8(12)4-2-1-3-5-8;11-7-6-9-10-8-4-2-1-3-5-8/h11-12H,1-7H2;9,11H,1-7H2. The van der Waals surface area contributed by atoms with Crippen LogP contribution in [0.1, 0.15) is 64.2 Å². The summed E-state index contributed by atoms with van der Waals surface area (Å²) in [4.78, 5) is 0. The third-order valence-electron chi connectivity index (χ3n) is 4.00. The topological polar surface area (TPSA) is 110 Å². The Bertz CT molecular complexity index is 347. The van der Waals surface area contributed by atoms with Crippen LogP contribution in [-0.4, -0.2) is 53.1 Å². The van der Waals surface area contributed by atoms with E-state index >= 15 is 0 Å². The Hall–Kier alpha value is -1.05. The van der Waals surface area contributed by atoms with Crippen LogP contribution < -0.4 is 5.43 Å². The zero-order chi connectivity index (χ0) is 16.8. The number of nitrogens with zero attached hydrogens (tertiary/aromatic N) is 3. The second kappa shape index (κ2) is 12.4. The van der Waals surface area contributed by atoms with E-state index in [0.717, 1.165) is 25.7 Å². The normalized spacial score (nSPS) is 20.7. The number of nitrogens with one attached hydrogen (secondary N) is 1. The van der Waals surface area contributed by atoms with Crippen LogP contribution in [-0.2, 0) is 0 Å². The Morgan fingerprint density at radius 2 is 1.57 bits per heavy atom. The molecule has 0 saturated heterocycles. The molecule has 7 nitrogen and oxygen atoms in total. The van der Waals surface area contributed by atoms with E-state index in [1.165, 1.54) is 31.4 Å². The van der Waals surface area contributed by atoms with Crippen molar-refractivity contribution in [2.45, 2.75) is 69.9 Å². The van der Waals surface area contributed by atoms with Crippen molar-refractivity contribution < 1.29 is 15.3 Å². The fraction of sp³-hybridized carbons (Fsp3) is 0.938. The molecule has 2 aliphatic rings. The molecule has 2 rings (SSSR count). The predicted molar refractivity (Wildman–Crippen MR) is 90.5 cm³/mol. The SMILES string of the molecule is OCCN=NC1(O)CCCCC1.OCCNN=C1CCCCC1. The van der Waals surface area contributed by atoms with E-state index in [2.05, 4.69) is 20.8 Å². The van der Waals surface area contributed by atoms with Crippen molar-refractivity contribution in [1.82, 2.24) is 5.43 Å². The molecule has 134 valence electrons. The first kappa shape index (κ1) is 20.0. The lowest BCUT2D eigenvalue weighted by Crippen LogP contribution is -2.28. The molecule has 0 aromatic rings. The van der Waals surface area contributed by atoms with E-state index in [1.807, 2.05) is 0 Å². The molecule has 0 heterocycles. The fourth-order valence-electron chi connectivity index (χ4n) is 2.73. The summed E-state index contributed by atoms with van der Waals surface area (Å²) in [5.74, 6) is 0. The monoisotopic (exact) mass is 328 g/mol. The molecule has 23 heavy (non-hydrogen) atoms. The minimum absolute atomic E-state index is 0.000417. The van der Waals surface area contributed by atoms with Gasteiger partial charge in [-0.3, -0.25) is 0 Å². The van der Waals surface area contributed by atoms with E-state index in [1.54, 1.807) is 0 Å².